The molecule has 2 N–H and O–H groups in total. The lowest BCUT2D eigenvalue weighted by atomic mass is 9.80. The number of Topliss-reactive ketones (excluding diaryl/α,β-unsaturated/α-hetero) is 1. The Kier molecular flexibility index (Phi) is 2.69. The zero-order valence-electron chi connectivity index (χ0n) is 9.25. The summed E-state index contributed by atoms with van der Waals surface area (Å²) in [4.78, 5) is 23.5. The van der Waals surface area contributed by atoms with Gasteiger partial charge < -0.3 is 10.2 Å². The van der Waals surface area contributed by atoms with Crippen molar-refractivity contribution in [1.82, 2.24) is 0 Å². The van der Waals surface area contributed by atoms with Crippen LogP contribution in [-0.2, 0) is 9.59 Å². The molecule has 0 aliphatic heterocycles. The maximum atomic E-state index is 11.9. The summed E-state index contributed by atoms with van der Waals surface area (Å²) >= 11 is 0. The molecular formula is C13H12O4. The second-order valence-corrected chi connectivity index (χ2v) is 4.20. The van der Waals surface area contributed by atoms with E-state index in [0.717, 1.165) is 13.0 Å². The number of ketones is 2. The van der Waals surface area contributed by atoms with Crippen LogP contribution in [0.5, 0.6) is 0 Å². The first-order chi connectivity index (χ1) is 7.94. The molecule has 1 aromatic carbocycles. The van der Waals surface area contributed by atoms with E-state index < -0.39 is 23.3 Å². The van der Waals surface area contributed by atoms with E-state index in [1.165, 1.54) is 0 Å². The van der Waals surface area contributed by atoms with E-state index in [2.05, 4.69) is 0 Å². The van der Waals surface area contributed by atoms with Crippen molar-refractivity contribution >= 4 is 17.1 Å². The molecule has 0 bridgehead atoms. The fourth-order valence-electron chi connectivity index (χ4n) is 1.73. The summed E-state index contributed by atoms with van der Waals surface area (Å²) in [5.41, 5.74) is -1.34. The number of aliphatic hydroxyl groups excluding tert-OH is 1. The smallest absolute Gasteiger partial charge is 0.195 e. The first-order valence-corrected chi connectivity index (χ1v) is 5.21. The van der Waals surface area contributed by atoms with Gasteiger partial charge in [0, 0.05) is 5.57 Å². The van der Waals surface area contributed by atoms with Crippen LogP contribution in [0.4, 0.5) is 0 Å². The summed E-state index contributed by atoms with van der Waals surface area (Å²) in [6.07, 6.45) is -0.625. The lowest BCUT2D eigenvalue weighted by Crippen LogP contribution is -2.53. The van der Waals surface area contributed by atoms with Crippen LogP contribution in [0.3, 0.4) is 0 Å². The van der Waals surface area contributed by atoms with Gasteiger partial charge in [0.15, 0.2) is 23.3 Å². The highest BCUT2D eigenvalue weighted by Crippen LogP contribution is 2.28. The van der Waals surface area contributed by atoms with Gasteiger partial charge in [-0.15, -0.1) is 0 Å². The minimum atomic E-state index is -2.03. The minimum absolute atomic E-state index is 0.134. The number of rotatable bonds is 1. The van der Waals surface area contributed by atoms with Crippen LogP contribution in [0.15, 0.2) is 36.4 Å². The van der Waals surface area contributed by atoms with Gasteiger partial charge in [-0.2, -0.15) is 0 Å². The Labute approximate surface area is 98.2 Å². The average molecular weight is 232 g/mol. The van der Waals surface area contributed by atoms with Crippen LogP contribution in [-0.4, -0.2) is 33.5 Å². The number of benzene rings is 1. The molecule has 1 aliphatic rings. The summed E-state index contributed by atoms with van der Waals surface area (Å²) in [5, 5.41) is 19.3. The largest absolute Gasteiger partial charge is 0.381 e. The maximum Gasteiger partial charge on any atom is 0.195 e. The van der Waals surface area contributed by atoms with E-state index in [1.807, 2.05) is 0 Å². The van der Waals surface area contributed by atoms with E-state index >= 15 is 0 Å². The van der Waals surface area contributed by atoms with Crippen LogP contribution in [0.1, 0.15) is 12.5 Å². The lowest BCUT2D eigenvalue weighted by Gasteiger charge is -2.30. The second kappa shape index (κ2) is 3.91. The van der Waals surface area contributed by atoms with Crippen LogP contribution < -0.4 is 0 Å². The molecule has 0 amide bonds. The number of hydrogen-bond acceptors (Lipinski definition) is 4. The SMILES string of the molecule is C[C@@]1(O)C(=O)C=C(c2ccccc2)C(=O)[C@@H]1O. The average Bonchev–Trinajstić information content (AvgIpc) is 2.33. The van der Waals surface area contributed by atoms with Crippen molar-refractivity contribution < 1.29 is 19.8 Å². The molecule has 0 spiro atoms. The molecule has 0 fully saturated rings. The van der Waals surface area contributed by atoms with Gasteiger partial charge in [0.1, 0.15) is 0 Å². The predicted molar refractivity (Wildman–Crippen MR) is 61.1 cm³/mol. The maximum absolute atomic E-state index is 11.9. The molecule has 0 heterocycles. The molecule has 1 aliphatic carbocycles. The normalized spacial score (nSPS) is 29.1. The molecule has 17 heavy (non-hydrogen) atoms. The Bertz CT molecular complexity index is 499. The molecule has 2 atom stereocenters. The standard InChI is InChI=1S/C13H12O4/c1-13(17)10(14)7-9(11(15)12(13)16)8-5-3-2-4-6-8/h2-7,12,16-17H,1H3/t12-,13+/m0/s1. The highest BCUT2D eigenvalue weighted by atomic mass is 16.4. The molecule has 88 valence electrons. The van der Waals surface area contributed by atoms with Gasteiger partial charge >= 0.3 is 0 Å². The fourth-order valence-corrected chi connectivity index (χ4v) is 1.73. The first kappa shape index (κ1) is 11.7. The Morgan fingerprint density at radius 2 is 1.76 bits per heavy atom. The van der Waals surface area contributed by atoms with Gasteiger partial charge in [-0.3, -0.25) is 9.59 Å². The quantitative estimate of drug-likeness (QED) is 0.732. The van der Waals surface area contributed by atoms with Crippen molar-refractivity contribution in [2.24, 2.45) is 0 Å². The monoisotopic (exact) mass is 232 g/mol. The Hall–Kier alpha value is -1.78. The molecule has 1 aromatic rings. The molecule has 0 saturated carbocycles. The topological polar surface area (TPSA) is 74.6 Å². The van der Waals surface area contributed by atoms with E-state index in [1.54, 1.807) is 30.3 Å². The Morgan fingerprint density at radius 3 is 2.35 bits per heavy atom. The number of aliphatic hydroxyl groups is 2. The summed E-state index contributed by atoms with van der Waals surface area (Å²) in [6.45, 7) is 1.14. The van der Waals surface area contributed by atoms with Crippen molar-refractivity contribution in [2.45, 2.75) is 18.6 Å². The van der Waals surface area contributed by atoms with E-state index in [-0.39, 0.29) is 5.57 Å². The van der Waals surface area contributed by atoms with E-state index in [0.29, 0.717) is 5.56 Å². The second-order valence-electron chi connectivity index (χ2n) is 4.20. The van der Waals surface area contributed by atoms with E-state index in [4.69, 9.17) is 0 Å². The van der Waals surface area contributed by atoms with Crippen LogP contribution in [0, 0.1) is 0 Å². The summed E-state index contributed by atoms with van der Waals surface area (Å²) < 4.78 is 0. The number of carbonyl (C=O) groups excluding carboxylic acids is 2. The van der Waals surface area contributed by atoms with Crippen molar-refractivity contribution in [3.05, 3.63) is 42.0 Å². The van der Waals surface area contributed by atoms with E-state index in [9.17, 15) is 19.8 Å². The Morgan fingerprint density at radius 1 is 1.18 bits per heavy atom. The predicted octanol–water partition coefficient (Wildman–Crippen LogP) is 0.334. The van der Waals surface area contributed by atoms with Gasteiger partial charge in [-0.1, -0.05) is 30.3 Å². The lowest BCUT2D eigenvalue weighted by molar-refractivity contribution is -0.152. The molecule has 4 nitrogen and oxygen atoms in total. The highest BCUT2D eigenvalue weighted by molar-refractivity contribution is 6.31. The molecular weight excluding hydrogens is 220 g/mol. The number of carbonyl (C=O) groups is 2. The summed E-state index contributed by atoms with van der Waals surface area (Å²) in [6, 6.07) is 8.58. The van der Waals surface area contributed by atoms with Crippen molar-refractivity contribution in [1.29, 1.82) is 0 Å². The summed E-state index contributed by atoms with van der Waals surface area (Å²) in [7, 11) is 0. The van der Waals surface area contributed by atoms with Crippen LogP contribution in [0.25, 0.3) is 5.57 Å². The van der Waals surface area contributed by atoms with Gasteiger partial charge in [0.2, 0.25) is 0 Å². The van der Waals surface area contributed by atoms with Gasteiger partial charge in [-0.05, 0) is 18.6 Å². The third kappa shape index (κ3) is 1.81. The molecule has 0 radical (unpaired) electrons. The van der Waals surface area contributed by atoms with Gasteiger partial charge in [0.25, 0.3) is 0 Å². The molecule has 4 heteroatoms. The van der Waals surface area contributed by atoms with Crippen molar-refractivity contribution in [3.63, 3.8) is 0 Å². The third-order valence-electron chi connectivity index (χ3n) is 2.91. The van der Waals surface area contributed by atoms with Crippen molar-refractivity contribution in [2.75, 3.05) is 0 Å². The Balaban J connectivity index is 2.51. The number of hydrogen-bond donors (Lipinski definition) is 2. The van der Waals surface area contributed by atoms with Gasteiger partial charge in [-0.25, -0.2) is 0 Å². The zero-order chi connectivity index (χ0) is 12.6. The zero-order valence-corrected chi connectivity index (χ0v) is 9.25. The fraction of sp³-hybridized carbons (Fsp3) is 0.231. The highest BCUT2D eigenvalue weighted by Gasteiger charge is 2.46. The van der Waals surface area contributed by atoms with Crippen LogP contribution >= 0.6 is 0 Å². The van der Waals surface area contributed by atoms with Gasteiger partial charge in [0.05, 0.1) is 0 Å². The first-order valence-electron chi connectivity index (χ1n) is 5.21. The molecule has 0 saturated heterocycles. The minimum Gasteiger partial charge on any atom is -0.381 e. The van der Waals surface area contributed by atoms with Crippen molar-refractivity contribution in [3.8, 4) is 0 Å². The van der Waals surface area contributed by atoms with Crippen LogP contribution in [0.2, 0.25) is 0 Å². The third-order valence-corrected chi connectivity index (χ3v) is 2.91. The molecule has 2 rings (SSSR count). The molecule has 0 unspecified atom stereocenters. The summed E-state index contributed by atoms with van der Waals surface area (Å²) in [5.74, 6) is -1.30. The molecule has 0 aromatic heterocycles.